The fraction of sp³-hybridized carbons (Fsp3) is 0.647. The molecule has 0 spiro atoms. The van der Waals surface area contributed by atoms with Crippen molar-refractivity contribution in [2.45, 2.75) is 52.5 Å². The van der Waals surface area contributed by atoms with Gasteiger partial charge in [0.2, 0.25) is 0 Å². The Morgan fingerprint density at radius 3 is 2.32 bits per heavy atom. The highest BCUT2D eigenvalue weighted by molar-refractivity contribution is 5.25. The zero-order valence-corrected chi connectivity index (χ0v) is 12.7. The van der Waals surface area contributed by atoms with Crippen molar-refractivity contribution in [3.63, 3.8) is 0 Å². The van der Waals surface area contributed by atoms with Crippen molar-refractivity contribution in [2.24, 2.45) is 0 Å². The average Bonchev–Trinajstić information content (AvgIpc) is 2.44. The molecule has 2 heteroatoms. The average molecular weight is 263 g/mol. The molecule has 0 saturated heterocycles. The standard InChI is InChI=1S/C17H29NO/c1-4-7-15-8-10-16(11-9-15)17(18-12-5-2)14-19-13-6-3/h8-11,17-18H,4-7,12-14H2,1-3H3. The van der Waals surface area contributed by atoms with Crippen LogP contribution in [0.4, 0.5) is 0 Å². The molecule has 0 fully saturated rings. The number of hydrogen-bond donors (Lipinski definition) is 1. The van der Waals surface area contributed by atoms with E-state index in [2.05, 4.69) is 50.4 Å². The van der Waals surface area contributed by atoms with Crippen molar-refractivity contribution < 1.29 is 4.74 Å². The van der Waals surface area contributed by atoms with Crippen molar-refractivity contribution in [3.8, 4) is 0 Å². The predicted octanol–water partition coefficient (Wildman–Crippen LogP) is 4.11. The minimum Gasteiger partial charge on any atom is -0.379 e. The Bertz CT molecular complexity index is 321. The van der Waals surface area contributed by atoms with Gasteiger partial charge in [0.25, 0.3) is 0 Å². The van der Waals surface area contributed by atoms with Crippen molar-refractivity contribution in [1.29, 1.82) is 0 Å². The molecule has 0 aromatic heterocycles. The summed E-state index contributed by atoms with van der Waals surface area (Å²) in [5.41, 5.74) is 2.76. The van der Waals surface area contributed by atoms with Gasteiger partial charge in [0.05, 0.1) is 12.6 Å². The summed E-state index contributed by atoms with van der Waals surface area (Å²) in [4.78, 5) is 0. The van der Waals surface area contributed by atoms with Crippen LogP contribution in [0.2, 0.25) is 0 Å². The molecular weight excluding hydrogens is 234 g/mol. The van der Waals surface area contributed by atoms with E-state index >= 15 is 0 Å². The Hall–Kier alpha value is -0.860. The molecule has 0 amide bonds. The van der Waals surface area contributed by atoms with Crippen LogP contribution in [0.25, 0.3) is 0 Å². The van der Waals surface area contributed by atoms with E-state index in [0.717, 1.165) is 32.6 Å². The molecule has 0 aliphatic heterocycles. The largest absolute Gasteiger partial charge is 0.379 e. The lowest BCUT2D eigenvalue weighted by atomic mass is 10.0. The number of rotatable bonds is 10. The molecule has 0 heterocycles. The molecule has 1 rings (SSSR count). The Morgan fingerprint density at radius 2 is 1.74 bits per heavy atom. The van der Waals surface area contributed by atoms with Gasteiger partial charge in [-0.05, 0) is 36.9 Å². The van der Waals surface area contributed by atoms with Crippen LogP contribution in [0.5, 0.6) is 0 Å². The minimum atomic E-state index is 0.321. The van der Waals surface area contributed by atoms with E-state index in [-0.39, 0.29) is 0 Å². The van der Waals surface area contributed by atoms with Crippen LogP contribution in [0.15, 0.2) is 24.3 Å². The molecule has 1 N–H and O–H groups in total. The molecule has 108 valence electrons. The van der Waals surface area contributed by atoms with Gasteiger partial charge in [0.15, 0.2) is 0 Å². The molecule has 0 aliphatic carbocycles. The number of benzene rings is 1. The molecule has 19 heavy (non-hydrogen) atoms. The molecule has 1 aromatic rings. The van der Waals surface area contributed by atoms with Gasteiger partial charge in [-0.15, -0.1) is 0 Å². The topological polar surface area (TPSA) is 21.3 Å². The molecule has 0 saturated carbocycles. The summed E-state index contributed by atoms with van der Waals surface area (Å²) in [7, 11) is 0. The zero-order valence-electron chi connectivity index (χ0n) is 12.7. The smallest absolute Gasteiger partial charge is 0.0661 e. The first kappa shape index (κ1) is 16.2. The van der Waals surface area contributed by atoms with Gasteiger partial charge in [-0.2, -0.15) is 0 Å². The van der Waals surface area contributed by atoms with E-state index in [0.29, 0.717) is 6.04 Å². The summed E-state index contributed by atoms with van der Waals surface area (Å²) in [6.45, 7) is 9.21. The maximum atomic E-state index is 5.71. The number of ether oxygens (including phenoxy) is 1. The zero-order chi connectivity index (χ0) is 13.9. The lowest BCUT2D eigenvalue weighted by molar-refractivity contribution is 0.112. The highest BCUT2D eigenvalue weighted by Crippen LogP contribution is 2.15. The van der Waals surface area contributed by atoms with Gasteiger partial charge in [-0.3, -0.25) is 0 Å². The quantitative estimate of drug-likeness (QED) is 0.642. The van der Waals surface area contributed by atoms with Crippen molar-refractivity contribution >= 4 is 0 Å². The monoisotopic (exact) mass is 263 g/mol. The van der Waals surface area contributed by atoms with Crippen LogP contribution in [-0.4, -0.2) is 19.8 Å². The van der Waals surface area contributed by atoms with Crippen molar-refractivity contribution in [2.75, 3.05) is 19.8 Å². The lowest BCUT2D eigenvalue weighted by Crippen LogP contribution is -2.26. The van der Waals surface area contributed by atoms with E-state index < -0.39 is 0 Å². The maximum absolute atomic E-state index is 5.71. The normalized spacial score (nSPS) is 12.6. The van der Waals surface area contributed by atoms with Crippen LogP contribution < -0.4 is 5.32 Å². The first-order chi connectivity index (χ1) is 9.31. The lowest BCUT2D eigenvalue weighted by Gasteiger charge is -2.19. The van der Waals surface area contributed by atoms with Crippen LogP contribution in [0, 0.1) is 0 Å². The van der Waals surface area contributed by atoms with Crippen LogP contribution in [-0.2, 0) is 11.2 Å². The third-order valence-corrected chi connectivity index (χ3v) is 3.19. The Kier molecular flexibility index (Phi) is 8.52. The summed E-state index contributed by atoms with van der Waals surface area (Å²) in [6.07, 6.45) is 4.60. The van der Waals surface area contributed by atoms with Gasteiger partial charge >= 0.3 is 0 Å². The van der Waals surface area contributed by atoms with Gasteiger partial charge in [0.1, 0.15) is 0 Å². The van der Waals surface area contributed by atoms with Crippen LogP contribution in [0.3, 0.4) is 0 Å². The third-order valence-electron chi connectivity index (χ3n) is 3.19. The van der Waals surface area contributed by atoms with E-state index in [1.165, 1.54) is 24.0 Å². The fourth-order valence-corrected chi connectivity index (χ4v) is 2.14. The summed E-state index contributed by atoms with van der Waals surface area (Å²) >= 11 is 0. The molecule has 2 nitrogen and oxygen atoms in total. The second kappa shape index (κ2) is 9.99. The van der Waals surface area contributed by atoms with Crippen LogP contribution >= 0.6 is 0 Å². The molecule has 0 aliphatic rings. The van der Waals surface area contributed by atoms with E-state index in [9.17, 15) is 0 Å². The second-order valence-electron chi connectivity index (χ2n) is 5.07. The maximum Gasteiger partial charge on any atom is 0.0661 e. The van der Waals surface area contributed by atoms with Crippen molar-refractivity contribution in [1.82, 2.24) is 5.32 Å². The Balaban J connectivity index is 2.60. The summed E-state index contributed by atoms with van der Waals surface area (Å²) < 4.78 is 5.71. The number of nitrogens with one attached hydrogen (secondary N) is 1. The summed E-state index contributed by atoms with van der Waals surface area (Å²) in [6, 6.07) is 9.31. The highest BCUT2D eigenvalue weighted by Gasteiger charge is 2.10. The summed E-state index contributed by atoms with van der Waals surface area (Å²) in [5, 5.41) is 3.57. The second-order valence-corrected chi connectivity index (χ2v) is 5.07. The first-order valence-electron chi connectivity index (χ1n) is 7.71. The first-order valence-corrected chi connectivity index (χ1v) is 7.71. The van der Waals surface area contributed by atoms with Crippen molar-refractivity contribution in [3.05, 3.63) is 35.4 Å². The Labute approximate surface area is 118 Å². The predicted molar refractivity (Wildman–Crippen MR) is 82.6 cm³/mol. The highest BCUT2D eigenvalue weighted by atomic mass is 16.5. The molecule has 1 aromatic carbocycles. The number of hydrogen-bond acceptors (Lipinski definition) is 2. The van der Waals surface area contributed by atoms with E-state index in [4.69, 9.17) is 4.74 Å². The van der Waals surface area contributed by atoms with E-state index in [1.807, 2.05) is 0 Å². The third kappa shape index (κ3) is 6.22. The Morgan fingerprint density at radius 1 is 1.00 bits per heavy atom. The molecular formula is C17H29NO. The molecule has 1 unspecified atom stereocenters. The molecule has 1 atom stereocenters. The minimum absolute atomic E-state index is 0.321. The fourth-order valence-electron chi connectivity index (χ4n) is 2.14. The van der Waals surface area contributed by atoms with Gasteiger partial charge < -0.3 is 10.1 Å². The van der Waals surface area contributed by atoms with Gasteiger partial charge in [-0.25, -0.2) is 0 Å². The van der Waals surface area contributed by atoms with E-state index in [1.54, 1.807) is 0 Å². The number of aryl methyl sites for hydroxylation is 1. The van der Waals surface area contributed by atoms with Gasteiger partial charge in [0, 0.05) is 6.61 Å². The SMILES string of the molecule is CCCNC(COCCC)c1ccc(CCC)cc1. The van der Waals surface area contributed by atoms with Gasteiger partial charge in [-0.1, -0.05) is 51.5 Å². The summed E-state index contributed by atoms with van der Waals surface area (Å²) in [5.74, 6) is 0. The molecule has 0 radical (unpaired) electrons. The van der Waals surface area contributed by atoms with Crippen LogP contribution in [0.1, 0.15) is 57.2 Å². The molecule has 0 bridgehead atoms.